The van der Waals surface area contributed by atoms with E-state index in [1.807, 2.05) is 0 Å². The molecule has 72 valence electrons. The highest BCUT2D eigenvalue weighted by atomic mass is 15.5. The minimum absolute atomic E-state index is 0.431. The Kier molecular flexibility index (Phi) is 2.54. The second-order valence-corrected chi connectivity index (χ2v) is 3.65. The van der Waals surface area contributed by atoms with Crippen molar-refractivity contribution < 1.29 is 0 Å². The first-order chi connectivity index (χ1) is 6.38. The molecule has 1 aromatic rings. The zero-order valence-electron chi connectivity index (χ0n) is 7.82. The summed E-state index contributed by atoms with van der Waals surface area (Å²) in [7, 11) is 0. The number of H-pyrrole nitrogens is 1. The van der Waals surface area contributed by atoms with Crippen molar-refractivity contribution >= 4 is 0 Å². The normalized spacial score (nSPS) is 21.6. The Hall–Kier alpha value is -0.970. The Morgan fingerprint density at radius 1 is 1.38 bits per heavy atom. The zero-order valence-corrected chi connectivity index (χ0v) is 7.82. The Balaban J connectivity index is 1.99. The number of hydrogen-bond acceptors (Lipinski definition) is 4. The monoisotopic (exact) mass is 181 g/mol. The quantitative estimate of drug-likeness (QED) is 0.688. The summed E-state index contributed by atoms with van der Waals surface area (Å²) < 4.78 is 0. The lowest BCUT2D eigenvalue weighted by Crippen LogP contribution is -2.30. The summed E-state index contributed by atoms with van der Waals surface area (Å²) in [5.41, 5.74) is 0. The smallest absolute Gasteiger partial charge is 0.177 e. The highest BCUT2D eigenvalue weighted by Crippen LogP contribution is 2.27. The molecular formula is C8H15N5. The van der Waals surface area contributed by atoms with Crippen molar-refractivity contribution in [3.05, 3.63) is 5.82 Å². The molecule has 1 aromatic heterocycles. The molecule has 1 unspecified atom stereocenters. The molecule has 5 nitrogen and oxygen atoms in total. The second-order valence-electron chi connectivity index (χ2n) is 3.65. The molecule has 2 rings (SSSR count). The lowest BCUT2D eigenvalue weighted by Gasteiger charge is -2.26. The van der Waals surface area contributed by atoms with Gasteiger partial charge in [-0.3, -0.25) is 0 Å². The van der Waals surface area contributed by atoms with Crippen molar-refractivity contribution in [2.75, 3.05) is 13.1 Å². The lowest BCUT2D eigenvalue weighted by atomic mass is 9.86. The van der Waals surface area contributed by atoms with Gasteiger partial charge in [-0.15, -0.1) is 10.2 Å². The maximum Gasteiger partial charge on any atom is 0.177 e. The first-order valence-electron chi connectivity index (χ1n) is 4.82. The van der Waals surface area contributed by atoms with Gasteiger partial charge in [0, 0.05) is 5.92 Å². The Labute approximate surface area is 77.3 Å². The Morgan fingerprint density at radius 3 is 2.77 bits per heavy atom. The van der Waals surface area contributed by atoms with Crippen LogP contribution < -0.4 is 5.32 Å². The largest absolute Gasteiger partial charge is 0.317 e. The first kappa shape index (κ1) is 8.62. The van der Waals surface area contributed by atoms with E-state index in [-0.39, 0.29) is 0 Å². The molecule has 1 saturated heterocycles. The maximum absolute atomic E-state index is 4.02. The SMILES string of the molecule is CC(c1nn[nH]n1)C1CCNCC1. The van der Waals surface area contributed by atoms with Crippen LogP contribution in [-0.2, 0) is 0 Å². The average molecular weight is 181 g/mol. The van der Waals surface area contributed by atoms with Gasteiger partial charge in [0.2, 0.25) is 0 Å². The van der Waals surface area contributed by atoms with E-state index in [0.29, 0.717) is 11.8 Å². The third-order valence-electron chi connectivity index (χ3n) is 2.86. The number of hydrogen-bond donors (Lipinski definition) is 2. The molecular weight excluding hydrogens is 166 g/mol. The van der Waals surface area contributed by atoms with Gasteiger partial charge in [-0.1, -0.05) is 12.1 Å². The summed E-state index contributed by atoms with van der Waals surface area (Å²) in [6.07, 6.45) is 2.44. The fourth-order valence-corrected chi connectivity index (χ4v) is 1.92. The number of aromatic amines is 1. The number of nitrogens with zero attached hydrogens (tertiary/aromatic N) is 3. The molecule has 0 saturated carbocycles. The molecule has 0 radical (unpaired) electrons. The molecule has 13 heavy (non-hydrogen) atoms. The van der Waals surface area contributed by atoms with E-state index < -0.39 is 0 Å². The summed E-state index contributed by atoms with van der Waals surface area (Å²) in [6.45, 7) is 4.42. The summed E-state index contributed by atoms with van der Waals surface area (Å²) in [5, 5.41) is 17.5. The van der Waals surface area contributed by atoms with Gasteiger partial charge in [0.1, 0.15) is 0 Å². The van der Waals surface area contributed by atoms with Gasteiger partial charge in [-0.2, -0.15) is 5.21 Å². The van der Waals surface area contributed by atoms with E-state index in [0.717, 1.165) is 18.9 Å². The number of tetrazole rings is 1. The first-order valence-corrected chi connectivity index (χ1v) is 4.82. The predicted octanol–water partition coefficient (Wildman–Crippen LogP) is 0.303. The van der Waals surface area contributed by atoms with Crippen LogP contribution in [0.2, 0.25) is 0 Å². The third-order valence-corrected chi connectivity index (χ3v) is 2.86. The molecule has 0 bridgehead atoms. The van der Waals surface area contributed by atoms with Crippen molar-refractivity contribution in [3.63, 3.8) is 0 Å². The fraction of sp³-hybridized carbons (Fsp3) is 0.875. The third kappa shape index (κ3) is 1.85. The van der Waals surface area contributed by atoms with Gasteiger partial charge in [0.25, 0.3) is 0 Å². The van der Waals surface area contributed by atoms with E-state index in [2.05, 4.69) is 32.9 Å². The van der Waals surface area contributed by atoms with Crippen molar-refractivity contribution in [2.24, 2.45) is 5.92 Å². The van der Waals surface area contributed by atoms with Gasteiger partial charge < -0.3 is 5.32 Å². The van der Waals surface area contributed by atoms with E-state index >= 15 is 0 Å². The van der Waals surface area contributed by atoms with Gasteiger partial charge in [0.15, 0.2) is 5.82 Å². The number of piperidine rings is 1. The minimum Gasteiger partial charge on any atom is -0.317 e. The van der Waals surface area contributed by atoms with Crippen LogP contribution in [0.25, 0.3) is 0 Å². The standard InChI is InChI=1S/C8H15N5/c1-6(8-10-12-13-11-8)7-2-4-9-5-3-7/h6-7,9H,2-5H2,1H3,(H,10,11,12,13). The molecule has 2 heterocycles. The van der Waals surface area contributed by atoms with Crippen LogP contribution in [0, 0.1) is 5.92 Å². The van der Waals surface area contributed by atoms with E-state index in [4.69, 9.17) is 0 Å². The van der Waals surface area contributed by atoms with Crippen LogP contribution in [-0.4, -0.2) is 33.7 Å². The molecule has 0 spiro atoms. The van der Waals surface area contributed by atoms with Crippen LogP contribution in [0.1, 0.15) is 31.5 Å². The van der Waals surface area contributed by atoms with Crippen molar-refractivity contribution in [3.8, 4) is 0 Å². The van der Waals surface area contributed by atoms with Crippen LogP contribution >= 0.6 is 0 Å². The molecule has 5 heteroatoms. The maximum atomic E-state index is 4.02. The van der Waals surface area contributed by atoms with E-state index in [1.54, 1.807) is 0 Å². The van der Waals surface area contributed by atoms with Crippen LogP contribution in [0.15, 0.2) is 0 Å². The summed E-state index contributed by atoms with van der Waals surface area (Å²) in [5.74, 6) is 1.99. The lowest BCUT2D eigenvalue weighted by molar-refractivity contribution is 0.323. The molecule has 1 atom stereocenters. The fourth-order valence-electron chi connectivity index (χ4n) is 1.92. The summed E-state index contributed by atoms with van der Waals surface area (Å²) >= 11 is 0. The number of nitrogens with one attached hydrogen (secondary N) is 2. The van der Waals surface area contributed by atoms with Gasteiger partial charge in [-0.05, 0) is 31.8 Å². The van der Waals surface area contributed by atoms with Crippen LogP contribution in [0.4, 0.5) is 0 Å². The average Bonchev–Trinajstić information content (AvgIpc) is 2.71. The van der Waals surface area contributed by atoms with Gasteiger partial charge in [0.05, 0.1) is 0 Å². The molecule has 2 N–H and O–H groups in total. The number of aromatic nitrogens is 4. The molecule has 0 amide bonds. The minimum atomic E-state index is 0.431. The Bertz CT molecular complexity index is 239. The molecule has 0 aromatic carbocycles. The van der Waals surface area contributed by atoms with E-state index in [9.17, 15) is 0 Å². The number of rotatable bonds is 2. The van der Waals surface area contributed by atoms with Gasteiger partial charge >= 0.3 is 0 Å². The topological polar surface area (TPSA) is 66.5 Å². The van der Waals surface area contributed by atoms with Crippen molar-refractivity contribution in [2.45, 2.75) is 25.7 Å². The second kappa shape index (κ2) is 3.83. The van der Waals surface area contributed by atoms with Crippen LogP contribution in [0.5, 0.6) is 0 Å². The van der Waals surface area contributed by atoms with Crippen molar-refractivity contribution in [1.29, 1.82) is 0 Å². The van der Waals surface area contributed by atoms with Gasteiger partial charge in [-0.25, -0.2) is 0 Å². The molecule has 1 aliphatic rings. The van der Waals surface area contributed by atoms with Crippen molar-refractivity contribution in [1.82, 2.24) is 25.9 Å². The summed E-state index contributed by atoms with van der Waals surface area (Å²) in [6, 6.07) is 0. The molecule has 1 aliphatic heterocycles. The highest BCUT2D eigenvalue weighted by Gasteiger charge is 2.23. The Morgan fingerprint density at radius 2 is 2.15 bits per heavy atom. The van der Waals surface area contributed by atoms with E-state index in [1.165, 1.54) is 12.8 Å². The summed E-state index contributed by atoms with van der Waals surface area (Å²) in [4.78, 5) is 0. The van der Waals surface area contributed by atoms with Crippen LogP contribution in [0.3, 0.4) is 0 Å². The highest BCUT2D eigenvalue weighted by molar-refractivity contribution is 4.93. The predicted molar refractivity (Wildman–Crippen MR) is 48.2 cm³/mol. The molecule has 1 fully saturated rings. The zero-order chi connectivity index (χ0) is 9.10. The molecule has 0 aliphatic carbocycles.